The molecule has 1 fully saturated rings. The molecule has 3 unspecified atom stereocenters. The highest BCUT2D eigenvalue weighted by molar-refractivity contribution is 5.22. The van der Waals surface area contributed by atoms with E-state index < -0.39 is 0 Å². The van der Waals surface area contributed by atoms with Crippen LogP contribution in [0.1, 0.15) is 42.3 Å². The van der Waals surface area contributed by atoms with Crippen LogP contribution in [-0.4, -0.2) is 29.9 Å². The van der Waals surface area contributed by atoms with E-state index in [1.165, 1.54) is 0 Å². The first kappa shape index (κ1) is 14.2. The molecule has 0 spiro atoms. The molecule has 1 aliphatic heterocycles. The molecule has 2 heterocycles. The summed E-state index contributed by atoms with van der Waals surface area (Å²) >= 11 is 0. The Kier molecular flexibility index (Phi) is 4.28. The number of ether oxygens (including phenoxy) is 2. The minimum absolute atomic E-state index is 0.0812. The van der Waals surface area contributed by atoms with Crippen LogP contribution in [0.2, 0.25) is 0 Å². The van der Waals surface area contributed by atoms with E-state index in [1.807, 2.05) is 30.3 Å². The van der Waals surface area contributed by atoms with Crippen LogP contribution in [0.4, 0.5) is 0 Å². The molecule has 1 aromatic heterocycles. The van der Waals surface area contributed by atoms with Crippen LogP contribution >= 0.6 is 0 Å². The van der Waals surface area contributed by atoms with Gasteiger partial charge in [0.05, 0.1) is 6.10 Å². The van der Waals surface area contributed by atoms with Gasteiger partial charge >= 0.3 is 0 Å². The molecule has 6 heteroatoms. The predicted molar refractivity (Wildman–Crippen MR) is 75.5 cm³/mol. The lowest BCUT2D eigenvalue weighted by atomic mass is 10.1. The van der Waals surface area contributed by atoms with Crippen molar-refractivity contribution < 1.29 is 14.0 Å². The topological polar surface area (TPSA) is 83.4 Å². The van der Waals surface area contributed by atoms with Crippen LogP contribution in [-0.2, 0) is 9.47 Å². The summed E-state index contributed by atoms with van der Waals surface area (Å²) in [5.41, 5.74) is 6.60. The molecule has 0 bridgehead atoms. The Balaban J connectivity index is 1.78. The summed E-state index contributed by atoms with van der Waals surface area (Å²) in [5, 5.41) is 4.04. The molecule has 2 N–H and O–H groups in total. The maximum Gasteiger partial charge on any atom is 0.255 e. The van der Waals surface area contributed by atoms with Crippen molar-refractivity contribution >= 4 is 0 Å². The normalized spacial score (nSPS) is 23.3. The van der Waals surface area contributed by atoms with E-state index in [2.05, 4.69) is 10.1 Å². The van der Waals surface area contributed by atoms with Crippen LogP contribution in [0.3, 0.4) is 0 Å². The molecule has 1 saturated heterocycles. The molecule has 3 atom stereocenters. The first-order valence-electron chi connectivity index (χ1n) is 7.08. The fourth-order valence-electron chi connectivity index (χ4n) is 2.56. The van der Waals surface area contributed by atoms with Gasteiger partial charge in [-0.15, -0.1) is 0 Å². The Morgan fingerprint density at radius 3 is 2.81 bits per heavy atom. The average Bonchev–Trinajstić information content (AvgIpc) is 3.18. The Morgan fingerprint density at radius 2 is 2.14 bits per heavy atom. The highest BCUT2D eigenvalue weighted by Crippen LogP contribution is 2.32. The molecule has 0 radical (unpaired) electrons. The van der Waals surface area contributed by atoms with E-state index in [4.69, 9.17) is 19.7 Å². The molecule has 112 valence electrons. The van der Waals surface area contributed by atoms with Crippen LogP contribution in [0, 0.1) is 0 Å². The molecule has 0 aliphatic carbocycles. The Labute approximate surface area is 123 Å². The van der Waals surface area contributed by atoms with E-state index >= 15 is 0 Å². The van der Waals surface area contributed by atoms with Gasteiger partial charge in [-0.2, -0.15) is 4.98 Å². The number of hydrogen-bond acceptors (Lipinski definition) is 6. The highest BCUT2D eigenvalue weighted by atomic mass is 16.5. The van der Waals surface area contributed by atoms with Gasteiger partial charge < -0.3 is 19.7 Å². The third-order valence-corrected chi connectivity index (χ3v) is 3.68. The van der Waals surface area contributed by atoms with Gasteiger partial charge in [0.1, 0.15) is 12.2 Å². The lowest BCUT2D eigenvalue weighted by molar-refractivity contribution is 0.0307. The van der Waals surface area contributed by atoms with Crippen molar-refractivity contribution in [3.63, 3.8) is 0 Å². The zero-order chi connectivity index (χ0) is 14.7. The Bertz CT molecular complexity index is 573. The molecule has 6 nitrogen and oxygen atoms in total. The molecule has 0 saturated carbocycles. The average molecular weight is 289 g/mol. The minimum Gasteiger partial charge on any atom is -0.369 e. The van der Waals surface area contributed by atoms with Crippen molar-refractivity contribution in [1.82, 2.24) is 10.1 Å². The van der Waals surface area contributed by atoms with E-state index in [9.17, 15) is 0 Å². The first-order valence-corrected chi connectivity index (χ1v) is 7.08. The molecule has 1 aliphatic rings. The van der Waals surface area contributed by atoms with Crippen LogP contribution in [0.25, 0.3) is 0 Å². The van der Waals surface area contributed by atoms with E-state index in [1.54, 1.807) is 7.11 Å². The number of nitrogens with two attached hydrogens (primary N) is 1. The summed E-state index contributed by atoms with van der Waals surface area (Å²) in [5.74, 6) is 1.01. The maximum atomic E-state index is 5.77. The number of methoxy groups -OCH3 is 1. The quantitative estimate of drug-likeness (QED) is 0.906. The van der Waals surface area contributed by atoms with Gasteiger partial charge in [-0.3, -0.25) is 0 Å². The first-order chi connectivity index (χ1) is 10.3. The number of nitrogens with zero attached hydrogens (tertiary/aromatic N) is 2. The molecular weight excluding hydrogens is 270 g/mol. The lowest BCUT2D eigenvalue weighted by Crippen LogP contribution is -2.18. The third-order valence-electron chi connectivity index (χ3n) is 3.68. The Morgan fingerprint density at radius 1 is 1.33 bits per heavy atom. The lowest BCUT2D eigenvalue weighted by Gasteiger charge is -2.11. The fraction of sp³-hybridized carbons (Fsp3) is 0.467. The number of aromatic nitrogens is 2. The maximum absolute atomic E-state index is 5.77. The van der Waals surface area contributed by atoms with Crippen molar-refractivity contribution in [1.29, 1.82) is 0 Å². The number of benzene rings is 1. The summed E-state index contributed by atoms with van der Waals surface area (Å²) in [6, 6.07) is 9.81. The van der Waals surface area contributed by atoms with Crippen molar-refractivity contribution in [2.24, 2.45) is 5.73 Å². The van der Waals surface area contributed by atoms with Gasteiger partial charge in [-0.1, -0.05) is 35.5 Å². The minimum atomic E-state index is -0.338. The van der Waals surface area contributed by atoms with Gasteiger partial charge in [0.2, 0.25) is 5.82 Å². The van der Waals surface area contributed by atoms with Crippen molar-refractivity contribution in [3.05, 3.63) is 47.6 Å². The van der Waals surface area contributed by atoms with Gasteiger partial charge in [-0.05, 0) is 18.4 Å². The zero-order valence-corrected chi connectivity index (χ0v) is 11.9. The summed E-state index contributed by atoms with van der Waals surface area (Å²) in [6.07, 6.45) is 1.36. The smallest absolute Gasteiger partial charge is 0.255 e. The number of rotatable bonds is 5. The largest absolute Gasteiger partial charge is 0.369 e. The summed E-state index contributed by atoms with van der Waals surface area (Å²) in [4.78, 5) is 4.44. The third kappa shape index (κ3) is 2.97. The van der Waals surface area contributed by atoms with Crippen LogP contribution < -0.4 is 5.73 Å². The summed E-state index contributed by atoms with van der Waals surface area (Å²) in [6.45, 7) is 0.516. The zero-order valence-electron chi connectivity index (χ0n) is 11.9. The second-order valence-corrected chi connectivity index (χ2v) is 5.08. The van der Waals surface area contributed by atoms with Crippen molar-refractivity contribution in [2.75, 3.05) is 13.7 Å². The van der Waals surface area contributed by atoms with Gasteiger partial charge in [0, 0.05) is 13.7 Å². The molecule has 0 amide bonds. The standard InChI is InChI=1S/C15H19N3O3/c1-19-13(10-5-3-2-4-6-10)14-17-15(21-18-14)12-8-7-11(9-16)20-12/h2-6,11-13H,7-9,16H2,1H3. The number of hydrogen-bond donors (Lipinski definition) is 1. The van der Waals surface area contributed by atoms with E-state index in [0.29, 0.717) is 18.3 Å². The Hall–Kier alpha value is -1.76. The monoisotopic (exact) mass is 289 g/mol. The summed E-state index contributed by atoms with van der Waals surface area (Å²) < 4.78 is 16.6. The fourth-order valence-corrected chi connectivity index (χ4v) is 2.56. The van der Waals surface area contributed by atoms with Crippen molar-refractivity contribution in [3.8, 4) is 0 Å². The van der Waals surface area contributed by atoms with Gasteiger partial charge in [0.25, 0.3) is 5.89 Å². The summed E-state index contributed by atoms with van der Waals surface area (Å²) in [7, 11) is 1.63. The second-order valence-electron chi connectivity index (χ2n) is 5.08. The van der Waals surface area contributed by atoms with E-state index in [0.717, 1.165) is 18.4 Å². The van der Waals surface area contributed by atoms with Gasteiger partial charge in [0.15, 0.2) is 0 Å². The molecule has 3 rings (SSSR count). The van der Waals surface area contributed by atoms with E-state index in [-0.39, 0.29) is 18.3 Å². The van der Waals surface area contributed by atoms with Crippen molar-refractivity contribution in [2.45, 2.75) is 31.2 Å². The SMILES string of the molecule is COC(c1ccccc1)c1noc(C2CCC(CN)O2)n1. The second kappa shape index (κ2) is 6.34. The van der Waals surface area contributed by atoms with Crippen LogP contribution in [0.15, 0.2) is 34.9 Å². The van der Waals surface area contributed by atoms with Crippen LogP contribution in [0.5, 0.6) is 0 Å². The predicted octanol–water partition coefficient (Wildman–Crippen LogP) is 1.98. The molecule has 21 heavy (non-hydrogen) atoms. The van der Waals surface area contributed by atoms with Gasteiger partial charge in [-0.25, -0.2) is 0 Å². The molecule has 1 aromatic carbocycles. The molecule has 2 aromatic rings. The molecular formula is C15H19N3O3. The highest BCUT2D eigenvalue weighted by Gasteiger charge is 2.31.